The minimum absolute atomic E-state index is 0.111. The van der Waals surface area contributed by atoms with Gasteiger partial charge in [0.2, 0.25) is 0 Å². The number of nitrogens with zero attached hydrogens (tertiary/aromatic N) is 2. The summed E-state index contributed by atoms with van der Waals surface area (Å²) >= 11 is 0. The lowest BCUT2D eigenvalue weighted by atomic mass is 9.97. The molecule has 7 heteroatoms. The summed E-state index contributed by atoms with van der Waals surface area (Å²) in [6.45, 7) is 4.12. The molecule has 1 N–H and O–H groups in total. The van der Waals surface area contributed by atoms with Gasteiger partial charge in [-0.15, -0.1) is 0 Å². The number of nitrogens with one attached hydrogen (secondary N) is 1. The lowest BCUT2D eigenvalue weighted by Crippen LogP contribution is -2.44. The van der Waals surface area contributed by atoms with Crippen LogP contribution in [0, 0.1) is 5.92 Å². The summed E-state index contributed by atoms with van der Waals surface area (Å²) in [5, 5.41) is 2.85. The topological polar surface area (TPSA) is 79.0 Å². The Balaban J connectivity index is 1.43. The normalized spacial score (nSPS) is 18.9. The molecule has 0 bridgehead atoms. The van der Waals surface area contributed by atoms with Crippen molar-refractivity contribution in [3.8, 4) is 0 Å². The van der Waals surface area contributed by atoms with Crippen LogP contribution in [0.25, 0.3) is 0 Å². The molecule has 2 fully saturated rings. The van der Waals surface area contributed by atoms with Gasteiger partial charge in [0, 0.05) is 31.9 Å². The van der Waals surface area contributed by atoms with E-state index in [1.54, 1.807) is 16.7 Å². The van der Waals surface area contributed by atoms with Crippen LogP contribution in [-0.4, -0.2) is 60.0 Å². The van der Waals surface area contributed by atoms with Crippen LogP contribution in [0.5, 0.6) is 0 Å². The van der Waals surface area contributed by atoms with E-state index >= 15 is 0 Å². The second-order valence-electron chi connectivity index (χ2n) is 7.17. The number of amides is 3. The van der Waals surface area contributed by atoms with E-state index in [0.29, 0.717) is 25.9 Å². The van der Waals surface area contributed by atoms with Gasteiger partial charge in [-0.3, -0.25) is 9.59 Å². The van der Waals surface area contributed by atoms with Gasteiger partial charge in [-0.2, -0.15) is 0 Å². The molecule has 1 atom stereocenters. The van der Waals surface area contributed by atoms with Gasteiger partial charge in [0.25, 0.3) is 5.91 Å². The summed E-state index contributed by atoms with van der Waals surface area (Å²) in [4.78, 5) is 40.4. The van der Waals surface area contributed by atoms with Crippen LogP contribution in [-0.2, 0) is 14.3 Å². The maximum absolute atomic E-state index is 12.4. The molecule has 146 valence electrons. The van der Waals surface area contributed by atoms with Gasteiger partial charge >= 0.3 is 12.0 Å². The average Bonchev–Trinajstić information content (AvgIpc) is 3.23. The molecule has 7 nitrogen and oxygen atoms in total. The van der Waals surface area contributed by atoms with Crippen LogP contribution in [0.3, 0.4) is 0 Å². The van der Waals surface area contributed by atoms with Crippen LogP contribution in [0.15, 0.2) is 30.3 Å². The minimum atomic E-state index is -0.741. The summed E-state index contributed by atoms with van der Waals surface area (Å²) < 4.78 is 5.41. The number of esters is 1. The molecule has 0 saturated carbocycles. The molecule has 2 saturated heterocycles. The number of rotatable bonds is 4. The molecule has 0 unspecified atom stereocenters. The fraction of sp³-hybridized carbons (Fsp3) is 0.550. The van der Waals surface area contributed by atoms with E-state index in [1.165, 1.54) is 0 Å². The number of benzene rings is 1. The summed E-state index contributed by atoms with van der Waals surface area (Å²) in [6, 6.07) is 9.12. The SMILES string of the molecule is C[C@@H](OC(=O)C1CCN(C(=O)Nc2ccccc2)CC1)C(=O)N1CCCC1. The molecule has 2 heterocycles. The average molecular weight is 373 g/mol. The smallest absolute Gasteiger partial charge is 0.321 e. The highest BCUT2D eigenvalue weighted by atomic mass is 16.5. The number of carbonyl (C=O) groups excluding carboxylic acids is 3. The Labute approximate surface area is 159 Å². The zero-order chi connectivity index (χ0) is 19.2. The van der Waals surface area contributed by atoms with E-state index in [9.17, 15) is 14.4 Å². The summed E-state index contributed by atoms with van der Waals surface area (Å²) in [5.74, 6) is -0.710. The molecule has 27 heavy (non-hydrogen) atoms. The molecule has 1 aromatic carbocycles. The van der Waals surface area contributed by atoms with Crippen molar-refractivity contribution in [2.24, 2.45) is 5.92 Å². The molecular weight excluding hydrogens is 346 g/mol. The summed E-state index contributed by atoms with van der Waals surface area (Å²) in [6.07, 6.45) is 2.37. The van der Waals surface area contributed by atoms with Crippen LogP contribution in [0.1, 0.15) is 32.6 Å². The van der Waals surface area contributed by atoms with E-state index in [2.05, 4.69) is 5.32 Å². The highest BCUT2D eigenvalue weighted by Crippen LogP contribution is 2.21. The van der Waals surface area contributed by atoms with Gasteiger partial charge in [0.05, 0.1) is 5.92 Å². The number of hydrogen-bond acceptors (Lipinski definition) is 4. The van der Waals surface area contributed by atoms with Gasteiger partial charge in [-0.1, -0.05) is 18.2 Å². The van der Waals surface area contributed by atoms with Gasteiger partial charge in [-0.25, -0.2) is 4.79 Å². The fourth-order valence-electron chi connectivity index (χ4n) is 3.56. The van der Waals surface area contributed by atoms with Crippen molar-refractivity contribution >= 4 is 23.6 Å². The maximum atomic E-state index is 12.4. The molecule has 3 rings (SSSR count). The monoisotopic (exact) mass is 373 g/mol. The summed E-state index contributed by atoms with van der Waals surface area (Å²) in [5.41, 5.74) is 0.748. The maximum Gasteiger partial charge on any atom is 0.321 e. The number of anilines is 1. The lowest BCUT2D eigenvalue weighted by molar-refractivity contribution is -0.163. The predicted molar refractivity (Wildman–Crippen MR) is 101 cm³/mol. The summed E-state index contributed by atoms with van der Waals surface area (Å²) in [7, 11) is 0. The Kier molecular flexibility index (Phi) is 6.32. The second-order valence-corrected chi connectivity index (χ2v) is 7.17. The third-order valence-corrected chi connectivity index (χ3v) is 5.20. The number of piperidine rings is 1. The Bertz CT molecular complexity index is 665. The van der Waals surface area contributed by atoms with Crippen molar-refractivity contribution < 1.29 is 19.1 Å². The van der Waals surface area contributed by atoms with E-state index in [0.717, 1.165) is 31.6 Å². The zero-order valence-corrected chi connectivity index (χ0v) is 15.7. The highest BCUT2D eigenvalue weighted by Gasteiger charge is 2.32. The zero-order valence-electron chi connectivity index (χ0n) is 15.7. The van der Waals surface area contributed by atoms with Crippen LogP contribution >= 0.6 is 0 Å². The number of hydrogen-bond donors (Lipinski definition) is 1. The Morgan fingerprint density at radius 1 is 1.00 bits per heavy atom. The first-order valence-corrected chi connectivity index (χ1v) is 9.65. The van der Waals surface area contributed by atoms with Crippen molar-refractivity contribution in [3.05, 3.63) is 30.3 Å². The lowest BCUT2D eigenvalue weighted by Gasteiger charge is -2.31. The minimum Gasteiger partial charge on any atom is -0.452 e. The van der Waals surface area contributed by atoms with E-state index < -0.39 is 6.10 Å². The van der Waals surface area contributed by atoms with Crippen molar-refractivity contribution in [2.45, 2.75) is 38.7 Å². The van der Waals surface area contributed by atoms with E-state index in [1.807, 2.05) is 30.3 Å². The van der Waals surface area contributed by atoms with Crippen molar-refractivity contribution in [1.82, 2.24) is 9.80 Å². The fourth-order valence-corrected chi connectivity index (χ4v) is 3.56. The van der Waals surface area contributed by atoms with Crippen molar-refractivity contribution in [2.75, 3.05) is 31.5 Å². The standard InChI is InChI=1S/C20H27N3O4/c1-15(18(24)22-11-5-6-12-22)27-19(25)16-9-13-23(14-10-16)20(26)21-17-7-3-2-4-8-17/h2-4,7-8,15-16H,5-6,9-14H2,1H3,(H,21,26)/t15-/m1/s1. The first-order chi connectivity index (χ1) is 13.0. The molecule has 0 aromatic heterocycles. The van der Waals surface area contributed by atoms with Gasteiger partial charge < -0.3 is 19.9 Å². The van der Waals surface area contributed by atoms with Gasteiger partial charge in [0.15, 0.2) is 6.10 Å². The van der Waals surface area contributed by atoms with Crippen LogP contribution in [0.2, 0.25) is 0 Å². The Morgan fingerprint density at radius 2 is 1.63 bits per heavy atom. The number of para-hydroxylation sites is 1. The number of ether oxygens (including phenoxy) is 1. The van der Waals surface area contributed by atoms with E-state index in [4.69, 9.17) is 4.74 Å². The molecule has 3 amide bonds. The first-order valence-electron chi connectivity index (χ1n) is 9.65. The molecule has 0 spiro atoms. The number of carbonyl (C=O) groups is 3. The highest BCUT2D eigenvalue weighted by molar-refractivity contribution is 5.89. The number of likely N-dealkylation sites (tertiary alicyclic amines) is 2. The van der Waals surface area contributed by atoms with Gasteiger partial charge in [0.1, 0.15) is 0 Å². The molecule has 2 aliphatic rings. The Hall–Kier alpha value is -2.57. The van der Waals surface area contributed by atoms with Crippen molar-refractivity contribution in [1.29, 1.82) is 0 Å². The third-order valence-electron chi connectivity index (χ3n) is 5.20. The van der Waals surface area contributed by atoms with Crippen LogP contribution < -0.4 is 5.32 Å². The molecule has 0 radical (unpaired) electrons. The molecular formula is C20H27N3O4. The first kappa shape index (κ1) is 19.2. The molecule has 0 aliphatic carbocycles. The van der Waals surface area contributed by atoms with Crippen LogP contribution in [0.4, 0.5) is 10.5 Å². The number of urea groups is 1. The molecule has 1 aromatic rings. The quantitative estimate of drug-likeness (QED) is 0.823. The molecule has 2 aliphatic heterocycles. The Morgan fingerprint density at radius 3 is 2.26 bits per heavy atom. The third kappa shape index (κ3) is 4.99. The van der Waals surface area contributed by atoms with E-state index in [-0.39, 0.29) is 23.8 Å². The predicted octanol–water partition coefficient (Wildman–Crippen LogP) is 2.48. The largest absolute Gasteiger partial charge is 0.452 e. The van der Waals surface area contributed by atoms with Gasteiger partial charge in [-0.05, 0) is 44.7 Å². The second kappa shape index (κ2) is 8.88. The van der Waals surface area contributed by atoms with Crippen molar-refractivity contribution in [3.63, 3.8) is 0 Å².